The van der Waals surface area contributed by atoms with E-state index in [4.69, 9.17) is 0 Å². The summed E-state index contributed by atoms with van der Waals surface area (Å²) in [6.45, 7) is 12.3. The Hall–Kier alpha value is -0.520. The van der Waals surface area contributed by atoms with Crippen LogP contribution in [0.15, 0.2) is 22.8 Å². The molecular formula is C20H32. The molecule has 3 aliphatic carbocycles. The quantitative estimate of drug-likeness (QED) is 0.537. The topological polar surface area (TPSA) is 0 Å². The maximum atomic E-state index is 2.60. The van der Waals surface area contributed by atoms with Gasteiger partial charge in [-0.25, -0.2) is 0 Å². The molecular weight excluding hydrogens is 240 g/mol. The zero-order valence-corrected chi connectivity index (χ0v) is 14.1. The molecule has 0 aromatic carbocycles. The van der Waals surface area contributed by atoms with Crippen molar-refractivity contribution in [3.8, 4) is 0 Å². The van der Waals surface area contributed by atoms with E-state index in [1.807, 2.05) is 0 Å². The average molecular weight is 272 g/mol. The van der Waals surface area contributed by atoms with Gasteiger partial charge in [0.15, 0.2) is 0 Å². The molecule has 0 aromatic rings. The molecule has 20 heavy (non-hydrogen) atoms. The normalized spacial score (nSPS) is 41.3. The maximum Gasteiger partial charge on any atom is -0.0130 e. The van der Waals surface area contributed by atoms with E-state index < -0.39 is 0 Å². The van der Waals surface area contributed by atoms with Crippen molar-refractivity contribution in [2.45, 2.75) is 73.1 Å². The molecule has 3 aliphatic rings. The first-order valence-corrected chi connectivity index (χ1v) is 8.81. The van der Waals surface area contributed by atoms with Crippen LogP contribution in [0.4, 0.5) is 0 Å². The van der Waals surface area contributed by atoms with Crippen molar-refractivity contribution in [2.75, 3.05) is 0 Å². The summed E-state index contributed by atoms with van der Waals surface area (Å²) in [5.41, 5.74) is 5.72. The van der Waals surface area contributed by atoms with Gasteiger partial charge in [-0.2, -0.15) is 0 Å². The highest BCUT2D eigenvalue weighted by Crippen LogP contribution is 2.58. The number of allylic oxidation sites excluding steroid dienone is 4. The SMILES string of the molecule is CC1=C2CC3(C)CCC(C(C)C)C3CCC(C)C2=CC1. The van der Waals surface area contributed by atoms with E-state index in [2.05, 4.69) is 40.7 Å². The lowest BCUT2D eigenvalue weighted by Gasteiger charge is -2.40. The molecule has 0 spiro atoms. The Morgan fingerprint density at radius 2 is 1.95 bits per heavy atom. The molecule has 0 aromatic heterocycles. The second kappa shape index (κ2) is 5.04. The first-order valence-electron chi connectivity index (χ1n) is 8.81. The summed E-state index contributed by atoms with van der Waals surface area (Å²) in [5.74, 6) is 3.60. The van der Waals surface area contributed by atoms with Crippen LogP contribution in [0.2, 0.25) is 0 Å². The summed E-state index contributed by atoms with van der Waals surface area (Å²) >= 11 is 0. The Labute approximate surface area is 125 Å². The summed E-state index contributed by atoms with van der Waals surface area (Å²) in [4.78, 5) is 0. The molecule has 4 atom stereocenters. The van der Waals surface area contributed by atoms with Gasteiger partial charge in [-0.1, -0.05) is 39.3 Å². The lowest BCUT2D eigenvalue weighted by Crippen LogP contribution is -2.31. The van der Waals surface area contributed by atoms with Gasteiger partial charge in [0, 0.05) is 0 Å². The molecule has 4 unspecified atom stereocenters. The molecule has 112 valence electrons. The lowest BCUT2D eigenvalue weighted by molar-refractivity contribution is 0.141. The first kappa shape index (κ1) is 14.4. The monoisotopic (exact) mass is 272 g/mol. The Bertz CT molecular complexity index is 451. The molecule has 0 N–H and O–H groups in total. The molecule has 0 amide bonds. The summed E-state index contributed by atoms with van der Waals surface area (Å²) in [6.07, 6.45) is 10.9. The van der Waals surface area contributed by atoms with E-state index >= 15 is 0 Å². The molecule has 2 saturated carbocycles. The predicted molar refractivity (Wildman–Crippen MR) is 87.6 cm³/mol. The van der Waals surface area contributed by atoms with Crippen LogP contribution in [-0.4, -0.2) is 0 Å². The molecule has 0 heteroatoms. The Morgan fingerprint density at radius 3 is 2.65 bits per heavy atom. The van der Waals surface area contributed by atoms with E-state index in [1.165, 1.54) is 38.5 Å². The van der Waals surface area contributed by atoms with Crippen LogP contribution in [0, 0.1) is 29.1 Å². The number of hydrogen-bond donors (Lipinski definition) is 0. The highest BCUT2D eigenvalue weighted by Gasteiger charge is 2.47. The van der Waals surface area contributed by atoms with Gasteiger partial charge in [0.1, 0.15) is 0 Å². The summed E-state index contributed by atoms with van der Waals surface area (Å²) in [6, 6.07) is 0. The van der Waals surface area contributed by atoms with Crippen molar-refractivity contribution in [3.63, 3.8) is 0 Å². The van der Waals surface area contributed by atoms with Gasteiger partial charge >= 0.3 is 0 Å². The number of rotatable bonds is 1. The lowest BCUT2D eigenvalue weighted by atomic mass is 9.65. The van der Waals surface area contributed by atoms with E-state index in [9.17, 15) is 0 Å². The molecule has 0 nitrogen and oxygen atoms in total. The van der Waals surface area contributed by atoms with E-state index in [1.54, 1.807) is 16.7 Å². The molecule has 2 fully saturated rings. The van der Waals surface area contributed by atoms with Crippen LogP contribution < -0.4 is 0 Å². The second-order valence-electron chi connectivity index (χ2n) is 8.48. The van der Waals surface area contributed by atoms with Crippen molar-refractivity contribution in [2.24, 2.45) is 29.1 Å². The maximum absolute atomic E-state index is 2.60. The van der Waals surface area contributed by atoms with Crippen LogP contribution in [0.3, 0.4) is 0 Å². The van der Waals surface area contributed by atoms with Crippen molar-refractivity contribution >= 4 is 0 Å². The zero-order chi connectivity index (χ0) is 14.5. The Morgan fingerprint density at radius 1 is 1.20 bits per heavy atom. The molecule has 0 radical (unpaired) electrons. The van der Waals surface area contributed by atoms with E-state index in [0.717, 1.165) is 23.7 Å². The van der Waals surface area contributed by atoms with Gasteiger partial charge in [0.25, 0.3) is 0 Å². The van der Waals surface area contributed by atoms with Gasteiger partial charge < -0.3 is 0 Å². The number of hydrogen-bond acceptors (Lipinski definition) is 0. The largest absolute Gasteiger partial charge is 0.0767 e. The Balaban J connectivity index is 1.94. The standard InChI is InChI=1S/C20H32/c1-13(2)16-10-11-20(5)12-18-15(4)6-8-17(18)14(3)7-9-19(16)20/h8,13-14,16,19H,6-7,9-12H2,1-5H3. The number of fused-ring (bicyclic) bond motifs is 2. The smallest absolute Gasteiger partial charge is 0.0130 e. The third-order valence-corrected chi connectivity index (χ3v) is 6.83. The van der Waals surface area contributed by atoms with Crippen LogP contribution in [0.1, 0.15) is 73.1 Å². The van der Waals surface area contributed by atoms with E-state index in [-0.39, 0.29) is 0 Å². The van der Waals surface area contributed by atoms with Crippen molar-refractivity contribution in [1.29, 1.82) is 0 Å². The molecule has 0 saturated heterocycles. The van der Waals surface area contributed by atoms with Gasteiger partial charge in [-0.3, -0.25) is 0 Å². The molecule has 0 heterocycles. The van der Waals surface area contributed by atoms with Crippen LogP contribution in [-0.2, 0) is 0 Å². The highest BCUT2D eigenvalue weighted by molar-refractivity contribution is 5.44. The Kier molecular flexibility index (Phi) is 3.63. The fourth-order valence-electron chi connectivity index (χ4n) is 5.48. The summed E-state index contributed by atoms with van der Waals surface area (Å²) in [5, 5.41) is 0. The van der Waals surface area contributed by atoms with Gasteiger partial charge in [-0.05, 0) is 85.7 Å². The molecule has 0 aliphatic heterocycles. The third-order valence-electron chi connectivity index (χ3n) is 6.83. The average Bonchev–Trinajstić information content (AvgIpc) is 2.88. The fourth-order valence-corrected chi connectivity index (χ4v) is 5.48. The minimum Gasteiger partial charge on any atom is -0.0767 e. The minimum atomic E-state index is 0.578. The van der Waals surface area contributed by atoms with Crippen molar-refractivity contribution in [3.05, 3.63) is 22.8 Å². The zero-order valence-electron chi connectivity index (χ0n) is 14.1. The fraction of sp³-hybridized carbons (Fsp3) is 0.800. The summed E-state index contributed by atoms with van der Waals surface area (Å²) < 4.78 is 0. The van der Waals surface area contributed by atoms with E-state index in [0.29, 0.717) is 5.41 Å². The van der Waals surface area contributed by atoms with Crippen LogP contribution in [0.25, 0.3) is 0 Å². The van der Waals surface area contributed by atoms with Crippen LogP contribution >= 0.6 is 0 Å². The summed E-state index contributed by atoms with van der Waals surface area (Å²) in [7, 11) is 0. The third kappa shape index (κ3) is 2.20. The van der Waals surface area contributed by atoms with Gasteiger partial charge in [0.05, 0.1) is 0 Å². The first-order chi connectivity index (χ1) is 9.42. The van der Waals surface area contributed by atoms with Crippen LogP contribution in [0.5, 0.6) is 0 Å². The van der Waals surface area contributed by atoms with Crippen molar-refractivity contribution in [1.82, 2.24) is 0 Å². The molecule has 0 bridgehead atoms. The van der Waals surface area contributed by atoms with Crippen molar-refractivity contribution < 1.29 is 0 Å². The highest BCUT2D eigenvalue weighted by atomic mass is 14.5. The van der Waals surface area contributed by atoms with Gasteiger partial charge in [-0.15, -0.1) is 0 Å². The van der Waals surface area contributed by atoms with Gasteiger partial charge in [0.2, 0.25) is 0 Å². The minimum absolute atomic E-state index is 0.578. The second-order valence-corrected chi connectivity index (χ2v) is 8.48. The predicted octanol–water partition coefficient (Wildman–Crippen LogP) is 6.14. The molecule has 3 rings (SSSR count).